The summed E-state index contributed by atoms with van der Waals surface area (Å²) in [5.74, 6) is -1.77. The number of halogens is 1. The van der Waals surface area contributed by atoms with Gasteiger partial charge in [-0.1, -0.05) is 35.9 Å². The number of aromatic carboxylic acids is 1. The number of hydrogen-bond donors (Lipinski definition) is 3. The van der Waals surface area contributed by atoms with Crippen molar-refractivity contribution < 1.29 is 33.8 Å². The Bertz CT molecular complexity index is 1500. The minimum Gasteiger partial charge on any atom is -0.493 e. The standard InChI is InChI=1S/C28H24ClN3O7/c1-16-5-3-8-20(9-16)30-24(33)14-32-26(34)22(31-28(32)37)12-18-11-21(29)25(23(13-18)38-2)39-15-17-6-4-7-19(10-17)27(35)36/h3-13H,14-15H2,1-2H3,(H,30,33)(H,31,37)(H,35,36)/b22-12+. The number of amides is 4. The molecule has 1 saturated heterocycles. The number of methoxy groups -OCH3 is 1. The summed E-state index contributed by atoms with van der Waals surface area (Å²) in [6.45, 7) is 1.45. The van der Waals surface area contributed by atoms with Gasteiger partial charge in [0.15, 0.2) is 11.5 Å². The van der Waals surface area contributed by atoms with E-state index in [0.29, 0.717) is 16.8 Å². The van der Waals surface area contributed by atoms with Gasteiger partial charge in [-0.15, -0.1) is 0 Å². The normalized spacial score (nSPS) is 13.8. The summed E-state index contributed by atoms with van der Waals surface area (Å²) >= 11 is 6.43. The Morgan fingerprint density at radius 1 is 1.10 bits per heavy atom. The SMILES string of the molecule is COc1cc(/C=C2/NC(=O)N(CC(=O)Nc3cccc(C)c3)C2=O)cc(Cl)c1OCc1cccc(C(=O)O)c1. The smallest absolute Gasteiger partial charge is 0.335 e. The van der Waals surface area contributed by atoms with E-state index in [1.807, 2.05) is 13.0 Å². The fraction of sp³-hybridized carbons (Fsp3) is 0.143. The van der Waals surface area contributed by atoms with Gasteiger partial charge in [-0.2, -0.15) is 0 Å². The summed E-state index contributed by atoms with van der Waals surface area (Å²) < 4.78 is 11.2. The minimum atomic E-state index is -1.05. The van der Waals surface area contributed by atoms with E-state index in [4.69, 9.17) is 21.1 Å². The van der Waals surface area contributed by atoms with Crippen molar-refractivity contribution in [3.05, 3.63) is 93.6 Å². The summed E-state index contributed by atoms with van der Waals surface area (Å²) in [5.41, 5.74) is 2.64. The van der Waals surface area contributed by atoms with Gasteiger partial charge in [-0.25, -0.2) is 14.5 Å². The Morgan fingerprint density at radius 2 is 1.87 bits per heavy atom. The molecule has 0 radical (unpaired) electrons. The highest BCUT2D eigenvalue weighted by Crippen LogP contribution is 2.37. The monoisotopic (exact) mass is 549 g/mol. The average molecular weight is 550 g/mol. The fourth-order valence-corrected chi connectivity index (χ4v) is 4.14. The van der Waals surface area contributed by atoms with Crippen LogP contribution in [-0.2, 0) is 16.2 Å². The van der Waals surface area contributed by atoms with E-state index in [9.17, 15) is 24.3 Å². The molecule has 1 aliphatic heterocycles. The number of carboxylic acid groups (broad SMARTS) is 1. The zero-order valence-electron chi connectivity index (χ0n) is 21.0. The second-order valence-corrected chi connectivity index (χ2v) is 9.03. The fourth-order valence-electron chi connectivity index (χ4n) is 3.86. The zero-order valence-corrected chi connectivity index (χ0v) is 21.7. The third-order valence-corrected chi connectivity index (χ3v) is 5.97. The number of urea groups is 1. The Morgan fingerprint density at radius 3 is 2.59 bits per heavy atom. The first-order valence-corrected chi connectivity index (χ1v) is 12.1. The van der Waals surface area contributed by atoms with E-state index in [2.05, 4.69) is 10.6 Å². The Kier molecular flexibility index (Phi) is 8.16. The van der Waals surface area contributed by atoms with Crippen LogP contribution < -0.4 is 20.1 Å². The van der Waals surface area contributed by atoms with E-state index in [1.54, 1.807) is 36.4 Å². The molecule has 200 valence electrons. The second kappa shape index (κ2) is 11.7. The molecule has 1 heterocycles. The highest BCUT2D eigenvalue weighted by molar-refractivity contribution is 6.32. The minimum absolute atomic E-state index is 0.0335. The van der Waals surface area contributed by atoms with Crippen LogP contribution in [0.5, 0.6) is 11.5 Å². The number of nitrogens with one attached hydrogen (secondary N) is 2. The molecule has 0 saturated carbocycles. The van der Waals surface area contributed by atoms with Crippen molar-refractivity contribution in [2.75, 3.05) is 19.0 Å². The van der Waals surface area contributed by atoms with E-state index < -0.39 is 30.4 Å². The van der Waals surface area contributed by atoms with Crippen LogP contribution in [0.3, 0.4) is 0 Å². The third-order valence-electron chi connectivity index (χ3n) is 5.69. The number of anilines is 1. The number of nitrogens with zero attached hydrogens (tertiary/aromatic N) is 1. The Labute approximate surface area is 228 Å². The summed E-state index contributed by atoms with van der Waals surface area (Å²) in [5, 5.41) is 14.5. The number of carboxylic acids is 1. The molecule has 4 rings (SSSR count). The Hall–Kier alpha value is -4.83. The van der Waals surface area contributed by atoms with Gasteiger partial charge in [0.1, 0.15) is 18.8 Å². The van der Waals surface area contributed by atoms with E-state index in [1.165, 1.54) is 31.4 Å². The second-order valence-electron chi connectivity index (χ2n) is 8.63. The van der Waals surface area contributed by atoms with Crippen molar-refractivity contribution in [3.63, 3.8) is 0 Å². The van der Waals surface area contributed by atoms with Crippen LogP contribution in [0.4, 0.5) is 10.5 Å². The lowest BCUT2D eigenvalue weighted by Crippen LogP contribution is -2.38. The molecule has 39 heavy (non-hydrogen) atoms. The molecule has 10 nitrogen and oxygen atoms in total. The van der Waals surface area contributed by atoms with Crippen molar-refractivity contribution in [2.24, 2.45) is 0 Å². The van der Waals surface area contributed by atoms with Gasteiger partial charge in [0.25, 0.3) is 5.91 Å². The van der Waals surface area contributed by atoms with Crippen molar-refractivity contribution in [2.45, 2.75) is 13.5 Å². The zero-order chi connectivity index (χ0) is 28.1. The Balaban J connectivity index is 1.47. The third kappa shape index (κ3) is 6.55. The van der Waals surface area contributed by atoms with Crippen LogP contribution >= 0.6 is 11.6 Å². The maximum atomic E-state index is 12.9. The largest absolute Gasteiger partial charge is 0.493 e. The maximum absolute atomic E-state index is 12.9. The molecule has 3 aromatic carbocycles. The lowest BCUT2D eigenvalue weighted by molar-refractivity contribution is -0.127. The molecular formula is C28H24ClN3O7. The van der Waals surface area contributed by atoms with Gasteiger partial charge >= 0.3 is 12.0 Å². The molecule has 11 heteroatoms. The van der Waals surface area contributed by atoms with Gasteiger partial charge < -0.3 is 25.2 Å². The molecule has 0 aromatic heterocycles. The predicted molar refractivity (Wildman–Crippen MR) is 144 cm³/mol. The molecule has 0 bridgehead atoms. The number of imide groups is 1. The quantitative estimate of drug-likeness (QED) is 0.265. The number of carbonyl (C=O) groups excluding carboxylic acids is 3. The van der Waals surface area contributed by atoms with E-state index >= 15 is 0 Å². The molecular weight excluding hydrogens is 526 g/mol. The first-order chi connectivity index (χ1) is 18.6. The summed E-state index contributed by atoms with van der Waals surface area (Å²) in [6.07, 6.45) is 1.41. The topological polar surface area (TPSA) is 134 Å². The van der Waals surface area contributed by atoms with Crippen LogP contribution in [0, 0.1) is 6.92 Å². The first kappa shape index (κ1) is 27.2. The molecule has 4 amide bonds. The van der Waals surface area contributed by atoms with Gasteiger partial charge in [-0.05, 0) is 66.1 Å². The average Bonchev–Trinajstić information content (AvgIpc) is 3.15. The summed E-state index contributed by atoms with van der Waals surface area (Å²) in [4.78, 5) is 49.7. The van der Waals surface area contributed by atoms with Gasteiger partial charge in [0, 0.05) is 5.69 Å². The number of hydrogen-bond acceptors (Lipinski definition) is 6. The lowest BCUT2D eigenvalue weighted by atomic mass is 10.1. The lowest BCUT2D eigenvalue weighted by Gasteiger charge is -2.14. The molecule has 0 atom stereocenters. The van der Waals surface area contributed by atoms with E-state index in [0.717, 1.165) is 10.5 Å². The molecule has 0 spiro atoms. The van der Waals surface area contributed by atoms with Gasteiger partial charge in [0.2, 0.25) is 5.91 Å². The highest BCUT2D eigenvalue weighted by Gasteiger charge is 2.35. The molecule has 0 unspecified atom stereocenters. The highest BCUT2D eigenvalue weighted by atomic mass is 35.5. The molecule has 3 N–H and O–H groups in total. The van der Waals surface area contributed by atoms with Gasteiger partial charge in [-0.3, -0.25) is 9.59 Å². The number of ether oxygens (including phenoxy) is 2. The maximum Gasteiger partial charge on any atom is 0.335 e. The van der Waals surface area contributed by atoms with Crippen molar-refractivity contribution >= 4 is 47.2 Å². The van der Waals surface area contributed by atoms with Crippen LogP contribution in [-0.4, -0.2) is 47.5 Å². The molecule has 3 aromatic rings. The van der Waals surface area contributed by atoms with Crippen molar-refractivity contribution in [1.29, 1.82) is 0 Å². The van der Waals surface area contributed by atoms with Crippen molar-refractivity contribution in [3.8, 4) is 11.5 Å². The van der Waals surface area contributed by atoms with Crippen LogP contribution in [0.15, 0.2) is 66.4 Å². The number of carbonyl (C=O) groups is 4. The molecule has 1 fully saturated rings. The van der Waals surface area contributed by atoms with Crippen LogP contribution in [0.2, 0.25) is 5.02 Å². The molecule has 1 aliphatic rings. The first-order valence-electron chi connectivity index (χ1n) is 11.7. The van der Waals surface area contributed by atoms with Gasteiger partial charge in [0.05, 0.1) is 17.7 Å². The van der Waals surface area contributed by atoms with Crippen LogP contribution in [0.25, 0.3) is 6.08 Å². The summed E-state index contributed by atoms with van der Waals surface area (Å²) in [7, 11) is 1.41. The summed E-state index contributed by atoms with van der Waals surface area (Å²) in [6, 6.07) is 15.8. The number of rotatable bonds is 9. The van der Waals surface area contributed by atoms with Crippen LogP contribution in [0.1, 0.15) is 27.0 Å². The molecule has 0 aliphatic carbocycles. The number of aryl methyl sites for hydroxylation is 1. The van der Waals surface area contributed by atoms with E-state index in [-0.39, 0.29) is 34.4 Å². The predicted octanol–water partition coefficient (Wildman–Crippen LogP) is 4.47. The number of benzene rings is 3. The van der Waals surface area contributed by atoms with Crippen molar-refractivity contribution in [1.82, 2.24) is 10.2 Å².